The summed E-state index contributed by atoms with van der Waals surface area (Å²) in [5.74, 6) is 0.355. The van der Waals surface area contributed by atoms with Crippen LogP contribution in [-0.2, 0) is 4.74 Å². The molecule has 1 aromatic heterocycles. The average Bonchev–Trinajstić information content (AvgIpc) is 2.66. The Bertz CT molecular complexity index is 296. The van der Waals surface area contributed by atoms with Gasteiger partial charge < -0.3 is 10.1 Å². The topological polar surface area (TPSA) is 38.3 Å². The summed E-state index contributed by atoms with van der Waals surface area (Å²) in [6.45, 7) is 6.36. The van der Waals surface area contributed by atoms with Gasteiger partial charge in [-0.3, -0.25) is 0 Å². The van der Waals surface area contributed by atoms with Gasteiger partial charge in [0.05, 0.1) is 12.6 Å². The molecule has 0 radical (unpaired) electrons. The molecule has 1 amide bonds. The third kappa shape index (κ3) is 3.55. The van der Waals surface area contributed by atoms with Gasteiger partial charge in [-0.1, -0.05) is 19.9 Å². The van der Waals surface area contributed by atoms with Gasteiger partial charge in [-0.15, -0.1) is 11.3 Å². The van der Waals surface area contributed by atoms with Crippen LogP contribution < -0.4 is 5.32 Å². The highest BCUT2D eigenvalue weighted by atomic mass is 32.1. The van der Waals surface area contributed by atoms with E-state index in [1.165, 1.54) is 0 Å². The lowest BCUT2D eigenvalue weighted by atomic mass is 10.0. The Hall–Kier alpha value is -1.03. The molecule has 0 aliphatic rings. The Kier molecular flexibility index (Phi) is 4.62. The van der Waals surface area contributed by atoms with E-state index in [-0.39, 0.29) is 12.1 Å². The van der Waals surface area contributed by atoms with Crippen LogP contribution in [0.3, 0.4) is 0 Å². The first-order valence-corrected chi connectivity index (χ1v) is 5.99. The quantitative estimate of drug-likeness (QED) is 0.857. The van der Waals surface area contributed by atoms with E-state index in [9.17, 15) is 4.79 Å². The summed E-state index contributed by atoms with van der Waals surface area (Å²) in [7, 11) is 0. The Morgan fingerprint density at radius 3 is 2.80 bits per heavy atom. The van der Waals surface area contributed by atoms with Crippen molar-refractivity contribution in [3.63, 3.8) is 0 Å². The van der Waals surface area contributed by atoms with Crippen LogP contribution in [-0.4, -0.2) is 12.7 Å². The first kappa shape index (κ1) is 12.0. The first-order chi connectivity index (χ1) is 7.15. The van der Waals surface area contributed by atoms with Gasteiger partial charge in [-0.05, 0) is 24.3 Å². The molecule has 0 aliphatic heterocycles. The van der Waals surface area contributed by atoms with Crippen LogP contribution >= 0.6 is 11.3 Å². The maximum Gasteiger partial charge on any atom is 0.407 e. The molecule has 1 N–H and O–H groups in total. The number of alkyl carbamates (subject to hydrolysis) is 1. The van der Waals surface area contributed by atoms with E-state index in [0.29, 0.717) is 12.5 Å². The number of thiophene rings is 1. The lowest BCUT2D eigenvalue weighted by Crippen LogP contribution is -2.31. The zero-order valence-electron chi connectivity index (χ0n) is 9.32. The monoisotopic (exact) mass is 227 g/mol. The Balaban J connectivity index is 2.64. The predicted molar refractivity (Wildman–Crippen MR) is 62.1 cm³/mol. The minimum Gasteiger partial charge on any atom is -0.450 e. The van der Waals surface area contributed by atoms with Crippen LogP contribution in [0, 0.1) is 5.92 Å². The number of ether oxygens (including phenoxy) is 1. The first-order valence-electron chi connectivity index (χ1n) is 5.11. The second-order valence-electron chi connectivity index (χ2n) is 3.60. The second-order valence-corrected chi connectivity index (χ2v) is 4.58. The highest BCUT2D eigenvalue weighted by Crippen LogP contribution is 2.25. The van der Waals surface area contributed by atoms with Gasteiger partial charge >= 0.3 is 6.09 Å². The van der Waals surface area contributed by atoms with E-state index in [4.69, 9.17) is 4.74 Å². The largest absolute Gasteiger partial charge is 0.450 e. The minimum atomic E-state index is -0.343. The van der Waals surface area contributed by atoms with Crippen LogP contribution in [0.4, 0.5) is 4.79 Å². The molecule has 1 rings (SSSR count). The summed E-state index contributed by atoms with van der Waals surface area (Å²) >= 11 is 1.65. The maximum absolute atomic E-state index is 11.3. The maximum atomic E-state index is 11.3. The van der Waals surface area contributed by atoms with E-state index in [0.717, 1.165) is 4.88 Å². The van der Waals surface area contributed by atoms with Crippen molar-refractivity contribution in [1.29, 1.82) is 0 Å². The summed E-state index contributed by atoms with van der Waals surface area (Å²) in [4.78, 5) is 12.5. The summed E-state index contributed by atoms with van der Waals surface area (Å²) in [5, 5.41) is 4.88. The Morgan fingerprint density at radius 2 is 2.33 bits per heavy atom. The molecule has 0 aromatic carbocycles. The number of hydrogen-bond acceptors (Lipinski definition) is 3. The van der Waals surface area contributed by atoms with Gasteiger partial charge in [0.25, 0.3) is 0 Å². The van der Waals surface area contributed by atoms with Crippen LogP contribution in [0.5, 0.6) is 0 Å². The molecule has 0 bridgehead atoms. The number of hydrogen-bond donors (Lipinski definition) is 1. The number of amides is 1. The van der Waals surface area contributed by atoms with Crippen molar-refractivity contribution in [3.8, 4) is 0 Å². The Morgan fingerprint density at radius 1 is 1.60 bits per heavy atom. The second kappa shape index (κ2) is 5.75. The molecule has 0 spiro atoms. The molecule has 0 saturated heterocycles. The molecule has 84 valence electrons. The summed E-state index contributed by atoms with van der Waals surface area (Å²) in [6, 6.07) is 4.06. The molecule has 0 fully saturated rings. The van der Waals surface area contributed by atoms with Crippen molar-refractivity contribution in [2.75, 3.05) is 6.61 Å². The third-order valence-corrected chi connectivity index (χ3v) is 3.02. The molecule has 1 aromatic rings. The van der Waals surface area contributed by atoms with E-state index in [1.54, 1.807) is 18.3 Å². The normalized spacial score (nSPS) is 12.5. The van der Waals surface area contributed by atoms with Crippen LogP contribution in [0.25, 0.3) is 0 Å². The number of nitrogens with one attached hydrogen (secondary N) is 1. The SMILES string of the molecule is CCOC(=O)NC(c1cccs1)C(C)C. The van der Waals surface area contributed by atoms with Crippen molar-refractivity contribution in [2.45, 2.75) is 26.8 Å². The highest BCUT2D eigenvalue weighted by Gasteiger charge is 2.19. The zero-order chi connectivity index (χ0) is 11.3. The van der Waals surface area contributed by atoms with Crippen LogP contribution in [0.15, 0.2) is 17.5 Å². The molecule has 3 nitrogen and oxygen atoms in total. The van der Waals surface area contributed by atoms with Crippen molar-refractivity contribution in [2.24, 2.45) is 5.92 Å². The summed E-state index contributed by atoms with van der Waals surface area (Å²) in [6.07, 6.45) is -0.343. The fourth-order valence-electron chi connectivity index (χ4n) is 1.33. The molecule has 0 saturated carbocycles. The molecule has 15 heavy (non-hydrogen) atoms. The molecular formula is C11H17NO2S. The van der Waals surface area contributed by atoms with Gasteiger partial charge in [0.1, 0.15) is 0 Å². The van der Waals surface area contributed by atoms with Crippen LogP contribution in [0.1, 0.15) is 31.7 Å². The van der Waals surface area contributed by atoms with Crippen molar-refractivity contribution in [3.05, 3.63) is 22.4 Å². The minimum absolute atomic E-state index is 0.0454. The fourth-order valence-corrected chi connectivity index (χ4v) is 2.28. The van der Waals surface area contributed by atoms with E-state index >= 15 is 0 Å². The number of rotatable bonds is 4. The molecule has 4 heteroatoms. The number of carbonyl (C=O) groups is 1. The molecule has 1 atom stereocenters. The van der Waals surface area contributed by atoms with Gasteiger partial charge in [-0.25, -0.2) is 4.79 Å². The summed E-state index contributed by atoms with van der Waals surface area (Å²) < 4.78 is 4.88. The number of carbonyl (C=O) groups excluding carboxylic acids is 1. The third-order valence-electron chi connectivity index (χ3n) is 2.07. The van der Waals surface area contributed by atoms with Crippen LogP contribution in [0.2, 0.25) is 0 Å². The molecule has 1 heterocycles. The standard InChI is InChI=1S/C11H17NO2S/c1-4-14-11(13)12-10(8(2)3)9-6-5-7-15-9/h5-8,10H,4H2,1-3H3,(H,12,13). The molecule has 0 aliphatic carbocycles. The fraction of sp³-hybridized carbons (Fsp3) is 0.545. The zero-order valence-corrected chi connectivity index (χ0v) is 10.1. The van der Waals surface area contributed by atoms with Gasteiger partial charge in [-0.2, -0.15) is 0 Å². The summed E-state index contributed by atoms with van der Waals surface area (Å²) in [5.41, 5.74) is 0. The smallest absolute Gasteiger partial charge is 0.407 e. The molecule has 1 unspecified atom stereocenters. The van der Waals surface area contributed by atoms with E-state index in [1.807, 2.05) is 17.5 Å². The molecular weight excluding hydrogens is 210 g/mol. The predicted octanol–water partition coefficient (Wildman–Crippen LogP) is 3.19. The highest BCUT2D eigenvalue weighted by molar-refractivity contribution is 7.10. The van der Waals surface area contributed by atoms with Gasteiger partial charge in [0.2, 0.25) is 0 Å². The van der Waals surface area contributed by atoms with E-state index in [2.05, 4.69) is 19.2 Å². The Labute approximate surface area is 94.5 Å². The average molecular weight is 227 g/mol. The van der Waals surface area contributed by atoms with Crippen molar-refractivity contribution < 1.29 is 9.53 Å². The lowest BCUT2D eigenvalue weighted by molar-refractivity contribution is 0.145. The van der Waals surface area contributed by atoms with Gasteiger partial charge in [0, 0.05) is 4.88 Å². The van der Waals surface area contributed by atoms with Crippen molar-refractivity contribution in [1.82, 2.24) is 5.32 Å². The van der Waals surface area contributed by atoms with Crippen molar-refractivity contribution >= 4 is 17.4 Å². The lowest BCUT2D eigenvalue weighted by Gasteiger charge is -2.20. The van der Waals surface area contributed by atoms with E-state index < -0.39 is 0 Å². The van der Waals surface area contributed by atoms with Gasteiger partial charge in [0.15, 0.2) is 0 Å².